The van der Waals surface area contributed by atoms with E-state index in [1.54, 1.807) is 0 Å². The lowest BCUT2D eigenvalue weighted by Gasteiger charge is -2.42. The van der Waals surface area contributed by atoms with Gasteiger partial charge in [0.05, 0.1) is 18.8 Å². The Kier molecular flexibility index (Phi) is 3.59. The molecule has 0 radical (unpaired) electrons. The van der Waals surface area contributed by atoms with E-state index in [4.69, 9.17) is 4.74 Å². The van der Waals surface area contributed by atoms with Gasteiger partial charge in [0.2, 0.25) is 0 Å². The highest BCUT2D eigenvalue weighted by atomic mass is 16.5. The van der Waals surface area contributed by atoms with Crippen LogP contribution in [0.5, 0.6) is 0 Å². The third kappa shape index (κ3) is 2.26. The molecular weight excluding hydrogens is 200 g/mol. The van der Waals surface area contributed by atoms with Crippen molar-refractivity contribution >= 4 is 0 Å². The van der Waals surface area contributed by atoms with Crippen molar-refractivity contribution in [2.45, 2.75) is 19.1 Å². The van der Waals surface area contributed by atoms with Gasteiger partial charge in [-0.2, -0.15) is 0 Å². The van der Waals surface area contributed by atoms with Gasteiger partial charge in [0.1, 0.15) is 0 Å². The van der Waals surface area contributed by atoms with Crippen LogP contribution in [0.2, 0.25) is 0 Å². The molecular formula is C13H20N2O. The van der Waals surface area contributed by atoms with Crippen LogP contribution < -0.4 is 0 Å². The monoisotopic (exact) mass is 220 g/mol. The van der Waals surface area contributed by atoms with E-state index in [0.717, 1.165) is 13.2 Å². The lowest BCUT2D eigenvalue weighted by molar-refractivity contribution is -0.140. The fourth-order valence-corrected chi connectivity index (χ4v) is 2.35. The number of hydrazine groups is 1. The molecule has 0 unspecified atom stereocenters. The maximum absolute atomic E-state index is 5.89. The summed E-state index contributed by atoms with van der Waals surface area (Å²) in [6.07, 6.45) is 0.178. The Morgan fingerprint density at radius 2 is 1.94 bits per heavy atom. The standard InChI is InChI=1S/C13H20N2O/c1-11-13(12-7-5-4-6-8-12)16-10-9-15(11)14(2)3/h4-8,11,13H,9-10H2,1-3H3/t11-,13+/m0/s1. The summed E-state index contributed by atoms with van der Waals surface area (Å²) in [6, 6.07) is 10.8. The molecule has 0 bridgehead atoms. The topological polar surface area (TPSA) is 15.7 Å². The van der Waals surface area contributed by atoms with Gasteiger partial charge in [-0.3, -0.25) is 0 Å². The van der Waals surface area contributed by atoms with Crippen LogP contribution in [-0.4, -0.2) is 43.3 Å². The highest BCUT2D eigenvalue weighted by Gasteiger charge is 2.30. The van der Waals surface area contributed by atoms with E-state index in [1.807, 2.05) is 6.07 Å². The van der Waals surface area contributed by atoms with Gasteiger partial charge in [0.25, 0.3) is 0 Å². The largest absolute Gasteiger partial charge is 0.370 e. The lowest BCUT2D eigenvalue weighted by Crippen LogP contribution is -2.51. The fraction of sp³-hybridized carbons (Fsp3) is 0.538. The van der Waals surface area contributed by atoms with E-state index < -0.39 is 0 Å². The van der Waals surface area contributed by atoms with Gasteiger partial charge >= 0.3 is 0 Å². The van der Waals surface area contributed by atoms with Crippen molar-refractivity contribution in [1.82, 2.24) is 10.0 Å². The average Bonchev–Trinajstić information content (AvgIpc) is 2.30. The SMILES string of the molecule is C[C@H]1[C@H](c2ccccc2)OCCN1N(C)C. The molecule has 3 heteroatoms. The molecule has 1 aliphatic rings. The first kappa shape index (κ1) is 11.6. The Hall–Kier alpha value is -0.900. The van der Waals surface area contributed by atoms with Crippen molar-refractivity contribution in [1.29, 1.82) is 0 Å². The van der Waals surface area contributed by atoms with Crippen molar-refractivity contribution in [3.63, 3.8) is 0 Å². The maximum Gasteiger partial charge on any atom is 0.0992 e. The predicted octanol–water partition coefficient (Wildman–Crippen LogP) is 1.93. The van der Waals surface area contributed by atoms with Gasteiger partial charge < -0.3 is 4.74 Å². The van der Waals surface area contributed by atoms with E-state index in [-0.39, 0.29) is 6.10 Å². The Labute approximate surface area is 97.6 Å². The van der Waals surface area contributed by atoms with Crippen molar-refractivity contribution in [2.24, 2.45) is 0 Å². The molecule has 1 aromatic carbocycles. The van der Waals surface area contributed by atoms with Crippen LogP contribution in [0.1, 0.15) is 18.6 Å². The third-order valence-electron chi connectivity index (χ3n) is 3.17. The zero-order chi connectivity index (χ0) is 11.5. The van der Waals surface area contributed by atoms with E-state index in [0.29, 0.717) is 6.04 Å². The summed E-state index contributed by atoms with van der Waals surface area (Å²) in [6.45, 7) is 3.98. The van der Waals surface area contributed by atoms with Gasteiger partial charge in [-0.25, -0.2) is 10.0 Å². The van der Waals surface area contributed by atoms with Crippen LogP contribution in [0.4, 0.5) is 0 Å². The second-order valence-electron chi connectivity index (χ2n) is 4.45. The van der Waals surface area contributed by atoms with Crippen LogP contribution in [0, 0.1) is 0 Å². The van der Waals surface area contributed by atoms with Crippen LogP contribution in [0.3, 0.4) is 0 Å². The first-order valence-electron chi connectivity index (χ1n) is 5.80. The predicted molar refractivity (Wildman–Crippen MR) is 65.0 cm³/mol. The number of hydrogen-bond donors (Lipinski definition) is 0. The maximum atomic E-state index is 5.89. The highest BCUT2D eigenvalue weighted by molar-refractivity contribution is 5.19. The molecule has 0 aromatic heterocycles. The van der Waals surface area contributed by atoms with Crippen LogP contribution >= 0.6 is 0 Å². The minimum atomic E-state index is 0.178. The summed E-state index contributed by atoms with van der Waals surface area (Å²) in [4.78, 5) is 0. The molecule has 0 aliphatic carbocycles. The van der Waals surface area contributed by atoms with Gasteiger partial charge in [-0.1, -0.05) is 30.3 Å². The van der Waals surface area contributed by atoms with Crippen LogP contribution in [0.25, 0.3) is 0 Å². The zero-order valence-corrected chi connectivity index (χ0v) is 10.3. The van der Waals surface area contributed by atoms with Gasteiger partial charge in [-0.15, -0.1) is 0 Å². The Bertz CT molecular complexity index is 326. The Morgan fingerprint density at radius 1 is 1.25 bits per heavy atom. The molecule has 0 amide bonds. The lowest BCUT2D eigenvalue weighted by atomic mass is 10.0. The van der Waals surface area contributed by atoms with Gasteiger partial charge in [0, 0.05) is 20.6 Å². The normalized spacial score (nSPS) is 27.2. The quantitative estimate of drug-likeness (QED) is 0.757. The number of nitrogens with zero attached hydrogens (tertiary/aromatic N) is 2. The molecule has 0 N–H and O–H groups in total. The fourth-order valence-electron chi connectivity index (χ4n) is 2.35. The highest BCUT2D eigenvalue weighted by Crippen LogP contribution is 2.28. The average molecular weight is 220 g/mol. The molecule has 0 saturated carbocycles. The zero-order valence-electron chi connectivity index (χ0n) is 10.3. The van der Waals surface area contributed by atoms with E-state index in [2.05, 4.69) is 55.3 Å². The molecule has 1 fully saturated rings. The van der Waals surface area contributed by atoms with Gasteiger partial charge in [0.15, 0.2) is 0 Å². The first-order valence-corrected chi connectivity index (χ1v) is 5.80. The molecule has 1 aliphatic heterocycles. The second kappa shape index (κ2) is 4.95. The molecule has 88 valence electrons. The summed E-state index contributed by atoms with van der Waals surface area (Å²) in [5.41, 5.74) is 1.27. The van der Waals surface area contributed by atoms with Crippen LogP contribution in [0.15, 0.2) is 30.3 Å². The molecule has 0 spiro atoms. The molecule has 2 rings (SSSR count). The number of ether oxygens (including phenoxy) is 1. The first-order chi connectivity index (χ1) is 7.70. The minimum absolute atomic E-state index is 0.178. The van der Waals surface area contributed by atoms with Gasteiger partial charge in [-0.05, 0) is 12.5 Å². The molecule has 16 heavy (non-hydrogen) atoms. The smallest absolute Gasteiger partial charge is 0.0992 e. The van der Waals surface area contributed by atoms with E-state index in [9.17, 15) is 0 Å². The Morgan fingerprint density at radius 3 is 2.56 bits per heavy atom. The van der Waals surface area contributed by atoms with Crippen molar-refractivity contribution in [3.05, 3.63) is 35.9 Å². The number of morpholine rings is 1. The summed E-state index contributed by atoms with van der Waals surface area (Å²) < 4.78 is 5.89. The molecule has 3 nitrogen and oxygen atoms in total. The van der Waals surface area contributed by atoms with Crippen LogP contribution in [-0.2, 0) is 4.74 Å². The minimum Gasteiger partial charge on any atom is -0.370 e. The number of hydrogen-bond acceptors (Lipinski definition) is 3. The molecule has 2 atom stereocenters. The Balaban J connectivity index is 2.16. The number of benzene rings is 1. The van der Waals surface area contributed by atoms with Crippen molar-refractivity contribution in [3.8, 4) is 0 Å². The number of rotatable bonds is 2. The van der Waals surface area contributed by atoms with E-state index in [1.165, 1.54) is 5.56 Å². The molecule has 1 saturated heterocycles. The van der Waals surface area contributed by atoms with Crippen molar-refractivity contribution in [2.75, 3.05) is 27.2 Å². The second-order valence-corrected chi connectivity index (χ2v) is 4.45. The summed E-state index contributed by atoms with van der Waals surface area (Å²) in [5.74, 6) is 0. The molecule has 1 aromatic rings. The summed E-state index contributed by atoms with van der Waals surface area (Å²) >= 11 is 0. The van der Waals surface area contributed by atoms with Crippen molar-refractivity contribution < 1.29 is 4.74 Å². The summed E-state index contributed by atoms with van der Waals surface area (Å²) in [7, 11) is 4.17. The molecule has 1 heterocycles. The third-order valence-corrected chi connectivity index (χ3v) is 3.17. The summed E-state index contributed by atoms with van der Waals surface area (Å²) in [5, 5.41) is 4.50. The van der Waals surface area contributed by atoms with E-state index >= 15 is 0 Å².